The lowest BCUT2D eigenvalue weighted by Gasteiger charge is -2.04. The SMILES string of the molecule is CCc1ccc2c(c1)sc(=NC(=O)c1ccc3ccccc3c1)n2CCSC. The monoisotopic (exact) mass is 406 g/mol. The summed E-state index contributed by atoms with van der Waals surface area (Å²) in [7, 11) is 0. The molecule has 3 aromatic carbocycles. The minimum atomic E-state index is -0.189. The molecule has 0 N–H and O–H groups in total. The number of fused-ring (bicyclic) bond motifs is 2. The van der Waals surface area contributed by atoms with Gasteiger partial charge in [0, 0.05) is 17.9 Å². The molecule has 142 valence electrons. The van der Waals surface area contributed by atoms with E-state index in [4.69, 9.17) is 0 Å². The highest BCUT2D eigenvalue weighted by molar-refractivity contribution is 7.98. The number of hydrogen-bond acceptors (Lipinski definition) is 3. The molecule has 1 aromatic heterocycles. The van der Waals surface area contributed by atoms with Gasteiger partial charge in [0.2, 0.25) is 0 Å². The Morgan fingerprint density at radius 1 is 1.07 bits per heavy atom. The fourth-order valence-corrected chi connectivity index (χ4v) is 4.78. The maximum Gasteiger partial charge on any atom is 0.279 e. The zero-order valence-corrected chi connectivity index (χ0v) is 17.6. The maximum atomic E-state index is 12.9. The molecule has 0 bridgehead atoms. The van der Waals surface area contributed by atoms with Gasteiger partial charge >= 0.3 is 0 Å². The minimum absolute atomic E-state index is 0.189. The first-order valence-electron chi connectivity index (χ1n) is 9.38. The molecule has 0 atom stereocenters. The lowest BCUT2D eigenvalue weighted by Crippen LogP contribution is -2.18. The number of carbonyl (C=O) groups is 1. The lowest BCUT2D eigenvalue weighted by atomic mass is 10.1. The van der Waals surface area contributed by atoms with Crippen LogP contribution in [0, 0.1) is 0 Å². The Balaban J connectivity index is 1.80. The van der Waals surface area contributed by atoms with Crippen LogP contribution < -0.4 is 4.80 Å². The van der Waals surface area contributed by atoms with E-state index in [0.29, 0.717) is 5.56 Å². The van der Waals surface area contributed by atoms with Crippen LogP contribution in [0.25, 0.3) is 21.0 Å². The summed E-state index contributed by atoms with van der Waals surface area (Å²) < 4.78 is 3.36. The Labute approximate surface area is 172 Å². The van der Waals surface area contributed by atoms with Crippen LogP contribution in [0.2, 0.25) is 0 Å². The van der Waals surface area contributed by atoms with Gasteiger partial charge in [-0.25, -0.2) is 0 Å². The molecule has 1 heterocycles. The van der Waals surface area contributed by atoms with Crippen molar-refractivity contribution < 1.29 is 4.79 Å². The number of amides is 1. The van der Waals surface area contributed by atoms with Gasteiger partial charge in [0.05, 0.1) is 10.2 Å². The Bertz CT molecular complexity index is 1220. The van der Waals surface area contributed by atoms with Crippen LogP contribution in [0.15, 0.2) is 65.7 Å². The van der Waals surface area contributed by atoms with Gasteiger partial charge in [0.1, 0.15) is 0 Å². The van der Waals surface area contributed by atoms with Gasteiger partial charge in [-0.1, -0.05) is 54.7 Å². The Morgan fingerprint density at radius 3 is 2.68 bits per heavy atom. The van der Waals surface area contributed by atoms with Crippen molar-refractivity contribution in [2.75, 3.05) is 12.0 Å². The molecule has 0 saturated heterocycles. The first kappa shape index (κ1) is 19.0. The number of benzene rings is 3. The average Bonchev–Trinajstić information content (AvgIpc) is 3.07. The molecule has 0 unspecified atom stereocenters. The number of aryl methyl sites for hydroxylation is 2. The van der Waals surface area contributed by atoms with Crippen LogP contribution in [0.3, 0.4) is 0 Å². The summed E-state index contributed by atoms with van der Waals surface area (Å²) in [4.78, 5) is 18.2. The zero-order valence-electron chi connectivity index (χ0n) is 16.0. The van der Waals surface area contributed by atoms with Crippen molar-refractivity contribution in [3.8, 4) is 0 Å². The molecule has 0 aliphatic rings. The summed E-state index contributed by atoms with van der Waals surface area (Å²) >= 11 is 3.40. The third kappa shape index (κ3) is 3.77. The van der Waals surface area contributed by atoms with Crippen molar-refractivity contribution >= 4 is 50.0 Å². The standard InChI is InChI=1S/C23H22N2OS2/c1-3-16-8-11-20-21(14-16)28-23(25(20)12-13-27-2)24-22(26)19-10-9-17-6-4-5-7-18(17)15-19/h4-11,14-15H,3,12-13H2,1-2H3. The van der Waals surface area contributed by atoms with Crippen molar-refractivity contribution in [1.82, 2.24) is 4.57 Å². The van der Waals surface area contributed by atoms with Gasteiger partial charge in [-0.2, -0.15) is 16.8 Å². The largest absolute Gasteiger partial charge is 0.316 e. The number of nitrogens with zero attached hydrogens (tertiary/aromatic N) is 2. The van der Waals surface area contributed by atoms with Crippen LogP contribution in [0.4, 0.5) is 0 Å². The fourth-order valence-electron chi connectivity index (χ4n) is 3.30. The number of rotatable bonds is 5. The molecular weight excluding hydrogens is 384 g/mol. The van der Waals surface area contributed by atoms with Gasteiger partial charge in [0.25, 0.3) is 5.91 Å². The molecule has 3 nitrogen and oxygen atoms in total. The molecule has 0 aliphatic carbocycles. The smallest absolute Gasteiger partial charge is 0.279 e. The summed E-state index contributed by atoms with van der Waals surface area (Å²) in [6.45, 7) is 3.00. The Hall–Kier alpha value is -2.37. The number of thiazole rings is 1. The normalized spacial score (nSPS) is 12.1. The van der Waals surface area contributed by atoms with E-state index in [1.807, 2.05) is 36.4 Å². The van der Waals surface area contributed by atoms with E-state index in [1.165, 1.54) is 10.3 Å². The van der Waals surface area contributed by atoms with E-state index in [-0.39, 0.29) is 5.91 Å². The molecule has 0 aliphatic heterocycles. The number of thioether (sulfide) groups is 1. The van der Waals surface area contributed by atoms with E-state index in [1.54, 1.807) is 23.1 Å². The van der Waals surface area contributed by atoms with E-state index in [0.717, 1.165) is 39.8 Å². The van der Waals surface area contributed by atoms with Crippen LogP contribution in [-0.4, -0.2) is 22.5 Å². The third-order valence-corrected chi connectivity index (χ3v) is 6.50. The van der Waals surface area contributed by atoms with Gasteiger partial charge in [-0.15, -0.1) is 0 Å². The molecule has 4 rings (SSSR count). The molecule has 5 heteroatoms. The molecule has 0 saturated carbocycles. The summed E-state index contributed by atoms with van der Waals surface area (Å²) in [6, 6.07) is 20.4. The minimum Gasteiger partial charge on any atom is -0.316 e. The highest BCUT2D eigenvalue weighted by Crippen LogP contribution is 2.21. The first-order valence-corrected chi connectivity index (χ1v) is 11.6. The van der Waals surface area contributed by atoms with Crippen LogP contribution in [0.5, 0.6) is 0 Å². The van der Waals surface area contributed by atoms with E-state index < -0.39 is 0 Å². The van der Waals surface area contributed by atoms with E-state index in [2.05, 4.69) is 47.0 Å². The Kier molecular flexibility index (Phi) is 5.64. The topological polar surface area (TPSA) is 34.4 Å². The molecule has 4 aromatic rings. The third-order valence-electron chi connectivity index (χ3n) is 4.87. The molecule has 0 radical (unpaired) electrons. The number of hydrogen-bond donors (Lipinski definition) is 0. The van der Waals surface area contributed by atoms with Crippen LogP contribution >= 0.6 is 23.1 Å². The second-order valence-electron chi connectivity index (χ2n) is 6.66. The van der Waals surface area contributed by atoms with Gasteiger partial charge in [-0.3, -0.25) is 4.79 Å². The summed E-state index contributed by atoms with van der Waals surface area (Å²) in [5.74, 6) is 0.796. The van der Waals surface area contributed by atoms with Crippen molar-refractivity contribution in [3.05, 3.63) is 76.6 Å². The second-order valence-corrected chi connectivity index (χ2v) is 8.66. The fraction of sp³-hybridized carbons (Fsp3) is 0.217. The van der Waals surface area contributed by atoms with Crippen LogP contribution in [0.1, 0.15) is 22.8 Å². The molecular formula is C23H22N2OS2. The molecule has 1 amide bonds. The van der Waals surface area contributed by atoms with Crippen molar-refractivity contribution in [3.63, 3.8) is 0 Å². The quantitative estimate of drug-likeness (QED) is 0.437. The summed E-state index contributed by atoms with van der Waals surface area (Å²) in [5, 5.41) is 2.19. The predicted octanol–water partition coefficient (Wildman–Crippen LogP) is 5.52. The number of aromatic nitrogens is 1. The first-order chi connectivity index (χ1) is 13.7. The number of carbonyl (C=O) groups excluding carboxylic acids is 1. The van der Waals surface area contributed by atoms with Crippen LogP contribution in [-0.2, 0) is 13.0 Å². The van der Waals surface area contributed by atoms with Crippen molar-refractivity contribution in [2.24, 2.45) is 4.99 Å². The average molecular weight is 407 g/mol. The van der Waals surface area contributed by atoms with E-state index in [9.17, 15) is 4.79 Å². The molecule has 0 spiro atoms. The maximum absolute atomic E-state index is 12.9. The Morgan fingerprint density at radius 2 is 1.89 bits per heavy atom. The molecule has 0 fully saturated rings. The van der Waals surface area contributed by atoms with Crippen molar-refractivity contribution in [2.45, 2.75) is 19.9 Å². The van der Waals surface area contributed by atoms with Gasteiger partial charge in [0.15, 0.2) is 4.80 Å². The lowest BCUT2D eigenvalue weighted by molar-refractivity contribution is 0.0998. The zero-order chi connectivity index (χ0) is 19.5. The van der Waals surface area contributed by atoms with E-state index >= 15 is 0 Å². The second kappa shape index (κ2) is 8.33. The highest BCUT2D eigenvalue weighted by atomic mass is 32.2. The summed E-state index contributed by atoms with van der Waals surface area (Å²) in [6.07, 6.45) is 3.10. The summed E-state index contributed by atoms with van der Waals surface area (Å²) in [5.41, 5.74) is 3.08. The predicted molar refractivity (Wildman–Crippen MR) is 121 cm³/mol. The molecule has 28 heavy (non-hydrogen) atoms. The van der Waals surface area contributed by atoms with Gasteiger partial charge in [-0.05, 0) is 53.3 Å². The van der Waals surface area contributed by atoms with Gasteiger partial charge < -0.3 is 4.57 Å². The van der Waals surface area contributed by atoms with Crippen molar-refractivity contribution in [1.29, 1.82) is 0 Å². The highest BCUT2D eigenvalue weighted by Gasteiger charge is 2.10.